The third-order valence-electron chi connectivity index (χ3n) is 3.50. The van der Waals surface area contributed by atoms with Crippen molar-refractivity contribution < 1.29 is 14.3 Å². The second-order valence-electron chi connectivity index (χ2n) is 5.75. The molecule has 0 amide bonds. The predicted octanol–water partition coefficient (Wildman–Crippen LogP) is 4.57. The Hall–Kier alpha value is -2.81. The lowest BCUT2D eigenvalue weighted by Crippen LogP contribution is -1.98. The first-order valence-corrected chi connectivity index (χ1v) is 7.45. The summed E-state index contributed by atoms with van der Waals surface area (Å²) in [5, 5.41) is 0. The molecule has 0 saturated heterocycles. The number of carbonyl (C=O) groups is 1. The highest BCUT2D eigenvalue weighted by atomic mass is 16.5. The van der Waals surface area contributed by atoms with Crippen LogP contribution in [0.2, 0.25) is 0 Å². The standard InChI is InChI=1S/C20H18O3/c1-13(2)12-22-16-8-9-17-18(11-16)23-19(20(17)21)10-15-6-4-14(3)5-7-15/h4-11H,1,12H2,2-3H3. The number of aryl methyl sites for hydroxylation is 1. The number of Topliss-reactive ketones (excluding diaryl/α,β-unsaturated/α-hetero) is 1. The Kier molecular flexibility index (Phi) is 4.02. The van der Waals surface area contributed by atoms with Crippen LogP contribution < -0.4 is 9.47 Å². The Morgan fingerprint density at radius 1 is 1.22 bits per heavy atom. The molecular formula is C20H18O3. The van der Waals surface area contributed by atoms with Gasteiger partial charge in [0, 0.05) is 6.07 Å². The number of ketones is 1. The summed E-state index contributed by atoms with van der Waals surface area (Å²) in [4.78, 5) is 12.4. The Morgan fingerprint density at radius 2 is 1.96 bits per heavy atom. The highest BCUT2D eigenvalue weighted by Gasteiger charge is 2.27. The van der Waals surface area contributed by atoms with E-state index < -0.39 is 0 Å². The van der Waals surface area contributed by atoms with E-state index in [9.17, 15) is 4.79 Å². The Morgan fingerprint density at radius 3 is 2.65 bits per heavy atom. The van der Waals surface area contributed by atoms with Crippen LogP contribution in [0.15, 0.2) is 60.4 Å². The van der Waals surface area contributed by atoms with Gasteiger partial charge in [0.2, 0.25) is 5.78 Å². The molecule has 3 rings (SSSR count). The van der Waals surface area contributed by atoms with Crippen molar-refractivity contribution in [3.63, 3.8) is 0 Å². The molecule has 0 N–H and O–H groups in total. The van der Waals surface area contributed by atoms with Crippen LogP contribution in [0.4, 0.5) is 0 Å². The summed E-state index contributed by atoms with van der Waals surface area (Å²) < 4.78 is 11.3. The van der Waals surface area contributed by atoms with Crippen molar-refractivity contribution in [2.45, 2.75) is 13.8 Å². The van der Waals surface area contributed by atoms with Crippen LogP contribution in [0.3, 0.4) is 0 Å². The van der Waals surface area contributed by atoms with E-state index in [4.69, 9.17) is 9.47 Å². The van der Waals surface area contributed by atoms with Crippen molar-refractivity contribution in [1.29, 1.82) is 0 Å². The minimum absolute atomic E-state index is 0.105. The summed E-state index contributed by atoms with van der Waals surface area (Å²) in [7, 11) is 0. The van der Waals surface area contributed by atoms with Gasteiger partial charge in [-0.2, -0.15) is 0 Å². The smallest absolute Gasteiger partial charge is 0.231 e. The van der Waals surface area contributed by atoms with E-state index in [0.717, 1.165) is 11.1 Å². The van der Waals surface area contributed by atoms with Crippen molar-refractivity contribution >= 4 is 11.9 Å². The number of rotatable bonds is 4. The molecule has 0 bridgehead atoms. The second kappa shape index (κ2) is 6.13. The van der Waals surface area contributed by atoms with Gasteiger partial charge >= 0.3 is 0 Å². The van der Waals surface area contributed by atoms with Crippen molar-refractivity contribution in [2.75, 3.05) is 6.61 Å². The van der Waals surface area contributed by atoms with Crippen LogP contribution in [-0.4, -0.2) is 12.4 Å². The number of hydrogen-bond acceptors (Lipinski definition) is 3. The predicted molar refractivity (Wildman–Crippen MR) is 90.9 cm³/mol. The summed E-state index contributed by atoms with van der Waals surface area (Å²) in [6.45, 7) is 8.17. The summed E-state index contributed by atoms with van der Waals surface area (Å²) in [6.07, 6.45) is 1.76. The van der Waals surface area contributed by atoms with Crippen molar-refractivity contribution in [2.24, 2.45) is 0 Å². The van der Waals surface area contributed by atoms with Gasteiger partial charge in [-0.05, 0) is 43.2 Å². The van der Waals surface area contributed by atoms with Gasteiger partial charge in [0.1, 0.15) is 18.1 Å². The van der Waals surface area contributed by atoms with Gasteiger partial charge in [-0.25, -0.2) is 0 Å². The monoisotopic (exact) mass is 306 g/mol. The summed E-state index contributed by atoms with van der Waals surface area (Å²) >= 11 is 0. The first-order chi connectivity index (χ1) is 11.0. The van der Waals surface area contributed by atoms with Gasteiger partial charge in [-0.3, -0.25) is 4.79 Å². The van der Waals surface area contributed by atoms with E-state index in [1.165, 1.54) is 5.56 Å². The lowest BCUT2D eigenvalue weighted by atomic mass is 10.1. The molecule has 0 fully saturated rings. The molecule has 2 aromatic carbocycles. The van der Waals surface area contributed by atoms with Gasteiger partial charge in [0.05, 0.1) is 5.56 Å². The number of carbonyl (C=O) groups excluding carboxylic acids is 1. The molecule has 3 nitrogen and oxygen atoms in total. The molecule has 0 spiro atoms. The second-order valence-corrected chi connectivity index (χ2v) is 5.75. The van der Waals surface area contributed by atoms with E-state index in [1.54, 1.807) is 24.3 Å². The van der Waals surface area contributed by atoms with E-state index in [2.05, 4.69) is 6.58 Å². The fourth-order valence-electron chi connectivity index (χ4n) is 2.28. The topological polar surface area (TPSA) is 35.5 Å². The SMILES string of the molecule is C=C(C)COc1ccc2c(c1)OC(=Cc1ccc(C)cc1)C2=O. The van der Waals surface area contributed by atoms with Crippen molar-refractivity contribution in [1.82, 2.24) is 0 Å². The molecule has 3 heteroatoms. The molecule has 0 atom stereocenters. The van der Waals surface area contributed by atoms with Gasteiger partial charge in [0.15, 0.2) is 5.76 Å². The zero-order valence-electron chi connectivity index (χ0n) is 13.3. The molecule has 23 heavy (non-hydrogen) atoms. The van der Waals surface area contributed by atoms with Gasteiger partial charge in [0.25, 0.3) is 0 Å². The maximum absolute atomic E-state index is 12.4. The molecule has 2 aromatic rings. The molecule has 1 aliphatic heterocycles. The van der Waals surface area contributed by atoms with Gasteiger partial charge in [-0.1, -0.05) is 36.4 Å². The molecule has 0 unspecified atom stereocenters. The van der Waals surface area contributed by atoms with Crippen LogP contribution in [0, 0.1) is 6.92 Å². The van der Waals surface area contributed by atoms with E-state index in [0.29, 0.717) is 29.4 Å². The molecule has 0 radical (unpaired) electrons. The third kappa shape index (κ3) is 3.34. The minimum Gasteiger partial charge on any atom is -0.489 e. The largest absolute Gasteiger partial charge is 0.489 e. The Labute approximate surface area is 135 Å². The average Bonchev–Trinajstić information content (AvgIpc) is 2.83. The lowest BCUT2D eigenvalue weighted by molar-refractivity contribution is 0.101. The maximum Gasteiger partial charge on any atom is 0.231 e. The highest BCUT2D eigenvalue weighted by molar-refractivity contribution is 6.14. The number of benzene rings is 2. The van der Waals surface area contributed by atoms with Gasteiger partial charge < -0.3 is 9.47 Å². The van der Waals surface area contributed by atoms with E-state index in [1.807, 2.05) is 38.1 Å². The molecular weight excluding hydrogens is 288 g/mol. The van der Waals surface area contributed by atoms with Crippen molar-refractivity contribution in [3.05, 3.63) is 77.1 Å². The van der Waals surface area contributed by atoms with Crippen LogP contribution >= 0.6 is 0 Å². The first kappa shape index (κ1) is 15.1. The summed E-state index contributed by atoms with van der Waals surface area (Å²) in [5.41, 5.74) is 3.60. The third-order valence-corrected chi connectivity index (χ3v) is 3.50. The first-order valence-electron chi connectivity index (χ1n) is 7.45. The quantitative estimate of drug-likeness (QED) is 0.613. The van der Waals surface area contributed by atoms with E-state index in [-0.39, 0.29) is 5.78 Å². The molecule has 0 saturated carbocycles. The van der Waals surface area contributed by atoms with Crippen LogP contribution in [-0.2, 0) is 0 Å². The van der Waals surface area contributed by atoms with Crippen LogP contribution in [0.25, 0.3) is 6.08 Å². The van der Waals surface area contributed by atoms with Gasteiger partial charge in [-0.15, -0.1) is 0 Å². The van der Waals surface area contributed by atoms with Crippen LogP contribution in [0.5, 0.6) is 11.5 Å². The minimum atomic E-state index is -0.105. The molecule has 1 aliphatic rings. The number of ether oxygens (including phenoxy) is 2. The fraction of sp³-hybridized carbons (Fsp3) is 0.150. The van der Waals surface area contributed by atoms with E-state index >= 15 is 0 Å². The van der Waals surface area contributed by atoms with Crippen molar-refractivity contribution in [3.8, 4) is 11.5 Å². The molecule has 116 valence electrons. The molecule has 0 aliphatic carbocycles. The zero-order valence-corrected chi connectivity index (χ0v) is 13.3. The Bertz CT molecular complexity index is 798. The molecule has 0 aromatic heterocycles. The Balaban J connectivity index is 1.83. The number of allylic oxidation sites excluding steroid dienone is 1. The number of hydrogen-bond donors (Lipinski definition) is 0. The average molecular weight is 306 g/mol. The summed E-state index contributed by atoms with van der Waals surface area (Å²) in [6, 6.07) is 13.2. The fourth-order valence-corrected chi connectivity index (χ4v) is 2.28. The zero-order chi connectivity index (χ0) is 16.4. The van der Waals surface area contributed by atoms with Crippen LogP contribution in [0.1, 0.15) is 28.4 Å². The lowest BCUT2D eigenvalue weighted by Gasteiger charge is -2.06. The maximum atomic E-state index is 12.4. The number of fused-ring (bicyclic) bond motifs is 1. The normalized spacial score (nSPS) is 14.5. The molecule has 1 heterocycles. The summed E-state index contributed by atoms with van der Waals surface area (Å²) in [5.74, 6) is 1.43. The highest BCUT2D eigenvalue weighted by Crippen LogP contribution is 2.34.